The molecule has 1 aromatic heterocycles. The topological polar surface area (TPSA) is 69.0 Å². The molecule has 1 N–H and O–H groups in total. The van der Waals surface area contributed by atoms with Gasteiger partial charge in [-0.25, -0.2) is 4.68 Å². The number of aryl methyl sites for hydroxylation is 1. The van der Waals surface area contributed by atoms with E-state index in [0.29, 0.717) is 45.3 Å². The molecule has 3 rings (SSSR count). The maximum absolute atomic E-state index is 10.7. The third-order valence-electron chi connectivity index (χ3n) is 5.73. The molecule has 0 aliphatic carbocycles. The Hall–Kier alpha value is -2.71. The Kier molecular flexibility index (Phi) is 11.2. The van der Waals surface area contributed by atoms with Gasteiger partial charge in [-0.05, 0) is 37.1 Å². The van der Waals surface area contributed by atoms with Crippen molar-refractivity contribution < 1.29 is 19.3 Å². The summed E-state index contributed by atoms with van der Waals surface area (Å²) in [6.45, 7) is 7.50. The first-order valence-corrected chi connectivity index (χ1v) is 12.5. The summed E-state index contributed by atoms with van der Waals surface area (Å²) in [5.41, 5.74) is 2.92. The Labute approximate surface area is 209 Å². The Bertz CT molecular complexity index is 979. The molecule has 0 fully saturated rings. The lowest BCUT2D eigenvalue weighted by Crippen LogP contribution is -2.36. The summed E-state index contributed by atoms with van der Waals surface area (Å²) in [6.07, 6.45) is 2.25. The van der Waals surface area contributed by atoms with Crippen molar-refractivity contribution in [1.82, 2.24) is 14.7 Å². The molecule has 1 heterocycles. The SMILES string of the molecule is CCCCOC[C@H](O)CN(CCOC)Cc1c(CC)nn(-c2ccccc2)c1Oc1ccccc1. The van der Waals surface area contributed by atoms with E-state index in [2.05, 4.69) is 18.7 Å². The molecule has 7 heteroatoms. The summed E-state index contributed by atoms with van der Waals surface area (Å²) in [5.74, 6) is 1.44. The lowest BCUT2D eigenvalue weighted by atomic mass is 10.1. The van der Waals surface area contributed by atoms with E-state index in [-0.39, 0.29) is 0 Å². The van der Waals surface area contributed by atoms with Crippen LogP contribution in [0.25, 0.3) is 5.69 Å². The molecule has 0 saturated carbocycles. The van der Waals surface area contributed by atoms with E-state index < -0.39 is 6.10 Å². The molecule has 0 spiro atoms. The van der Waals surface area contributed by atoms with Crippen molar-refractivity contribution in [2.75, 3.05) is 40.0 Å². The van der Waals surface area contributed by atoms with E-state index >= 15 is 0 Å². The summed E-state index contributed by atoms with van der Waals surface area (Å²) in [6, 6.07) is 19.8. The standard InChI is InChI=1S/C28H39N3O4/c1-4-6-18-34-22-24(32)20-30(17-19-33-3)21-26-27(5-2)29-31(23-13-9-7-10-14-23)28(26)35-25-15-11-8-12-16-25/h7-16,24,32H,4-6,17-22H2,1-3H3/t24-/m1/s1. The van der Waals surface area contributed by atoms with Gasteiger partial charge in [-0.15, -0.1) is 0 Å². The molecule has 0 aliphatic rings. The fourth-order valence-electron chi connectivity index (χ4n) is 3.87. The summed E-state index contributed by atoms with van der Waals surface area (Å²) in [5, 5.41) is 15.6. The summed E-state index contributed by atoms with van der Waals surface area (Å²) in [7, 11) is 1.69. The number of unbranched alkanes of at least 4 members (excludes halogenated alkanes) is 1. The summed E-state index contributed by atoms with van der Waals surface area (Å²) >= 11 is 0. The fraction of sp³-hybridized carbons (Fsp3) is 0.464. The second-order valence-corrected chi connectivity index (χ2v) is 8.56. The van der Waals surface area contributed by atoms with E-state index in [4.69, 9.17) is 19.3 Å². The molecule has 3 aromatic rings. The van der Waals surface area contributed by atoms with Crippen LogP contribution in [0.4, 0.5) is 0 Å². The van der Waals surface area contributed by atoms with Gasteiger partial charge in [0.15, 0.2) is 0 Å². The van der Waals surface area contributed by atoms with Gasteiger partial charge in [0.1, 0.15) is 5.75 Å². The molecule has 0 radical (unpaired) electrons. The minimum Gasteiger partial charge on any atom is -0.439 e. The third-order valence-corrected chi connectivity index (χ3v) is 5.73. The van der Waals surface area contributed by atoms with E-state index in [0.717, 1.165) is 42.0 Å². The zero-order valence-corrected chi connectivity index (χ0v) is 21.2. The molecular weight excluding hydrogens is 442 g/mol. The van der Waals surface area contributed by atoms with Gasteiger partial charge in [-0.1, -0.05) is 56.7 Å². The Balaban J connectivity index is 1.89. The van der Waals surface area contributed by atoms with Crippen LogP contribution in [0.2, 0.25) is 0 Å². The van der Waals surface area contributed by atoms with Crippen LogP contribution in [0.3, 0.4) is 0 Å². The highest BCUT2D eigenvalue weighted by atomic mass is 16.5. The molecule has 0 saturated heterocycles. The number of aliphatic hydroxyl groups is 1. The second-order valence-electron chi connectivity index (χ2n) is 8.56. The lowest BCUT2D eigenvalue weighted by molar-refractivity contribution is 0.0100. The minimum absolute atomic E-state index is 0.320. The number of benzene rings is 2. The van der Waals surface area contributed by atoms with Crippen LogP contribution in [0.1, 0.15) is 37.9 Å². The van der Waals surface area contributed by atoms with Gasteiger partial charge in [0.05, 0.1) is 36.3 Å². The van der Waals surface area contributed by atoms with Gasteiger partial charge in [-0.3, -0.25) is 4.90 Å². The molecule has 7 nitrogen and oxygen atoms in total. The van der Waals surface area contributed by atoms with E-state index in [9.17, 15) is 5.11 Å². The number of ether oxygens (including phenoxy) is 3. The van der Waals surface area contributed by atoms with Crippen LogP contribution < -0.4 is 4.74 Å². The van der Waals surface area contributed by atoms with Crippen molar-refractivity contribution in [3.05, 3.63) is 71.9 Å². The number of hydrogen-bond donors (Lipinski definition) is 1. The van der Waals surface area contributed by atoms with Gasteiger partial charge in [0.25, 0.3) is 0 Å². The predicted octanol–water partition coefficient (Wildman–Crippen LogP) is 4.85. The van der Waals surface area contributed by atoms with Crippen molar-refractivity contribution >= 4 is 0 Å². The molecule has 35 heavy (non-hydrogen) atoms. The molecule has 0 aliphatic heterocycles. The normalized spacial score (nSPS) is 12.3. The predicted molar refractivity (Wildman–Crippen MR) is 138 cm³/mol. The number of nitrogens with zero attached hydrogens (tertiary/aromatic N) is 3. The van der Waals surface area contributed by atoms with Gasteiger partial charge in [0, 0.05) is 33.4 Å². The number of rotatable bonds is 16. The number of aromatic nitrogens is 2. The summed E-state index contributed by atoms with van der Waals surface area (Å²) < 4.78 is 19.3. The van der Waals surface area contributed by atoms with Crippen LogP contribution in [-0.4, -0.2) is 65.9 Å². The maximum Gasteiger partial charge on any atom is 0.227 e. The molecule has 1 atom stereocenters. The van der Waals surface area contributed by atoms with E-state index in [1.54, 1.807) is 7.11 Å². The number of aliphatic hydroxyl groups excluding tert-OH is 1. The van der Waals surface area contributed by atoms with E-state index in [1.807, 2.05) is 65.3 Å². The molecule has 2 aromatic carbocycles. The van der Waals surface area contributed by atoms with Gasteiger partial charge >= 0.3 is 0 Å². The number of para-hydroxylation sites is 2. The monoisotopic (exact) mass is 481 g/mol. The zero-order chi connectivity index (χ0) is 24.9. The quantitative estimate of drug-likeness (QED) is 0.295. The number of methoxy groups -OCH3 is 1. The highest BCUT2D eigenvalue weighted by molar-refractivity contribution is 5.43. The smallest absolute Gasteiger partial charge is 0.227 e. The van der Waals surface area contributed by atoms with Crippen LogP contribution in [0, 0.1) is 0 Å². The van der Waals surface area contributed by atoms with Crippen molar-refractivity contribution in [3.63, 3.8) is 0 Å². The van der Waals surface area contributed by atoms with Crippen molar-refractivity contribution in [1.29, 1.82) is 0 Å². The highest BCUT2D eigenvalue weighted by Gasteiger charge is 2.23. The van der Waals surface area contributed by atoms with Gasteiger partial charge < -0.3 is 19.3 Å². The average Bonchev–Trinajstić information content (AvgIpc) is 3.23. The summed E-state index contributed by atoms with van der Waals surface area (Å²) in [4.78, 5) is 2.18. The fourth-order valence-corrected chi connectivity index (χ4v) is 3.87. The Morgan fingerprint density at radius 1 is 1.00 bits per heavy atom. The first kappa shape index (κ1) is 26.9. The Morgan fingerprint density at radius 2 is 1.71 bits per heavy atom. The minimum atomic E-state index is -0.587. The van der Waals surface area contributed by atoms with Crippen LogP contribution in [0.15, 0.2) is 60.7 Å². The van der Waals surface area contributed by atoms with Crippen molar-refractivity contribution in [3.8, 4) is 17.3 Å². The first-order chi connectivity index (χ1) is 17.2. The molecule has 190 valence electrons. The largest absolute Gasteiger partial charge is 0.439 e. The average molecular weight is 482 g/mol. The molecule has 0 amide bonds. The van der Waals surface area contributed by atoms with Crippen LogP contribution >= 0.6 is 0 Å². The van der Waals surface area contributed by atoms with Gasteiger partial charge in [0.2, 0.25) is 5.88 Å². The molecular formula is C28H39N3O4. The highest BCUT2D eigenvalue weighted by Crippen LogP contribution is 2.32. The molecule has 0 bridgehead atoms. The second kappa shape index (κ2) is 14.6. The Morgan fingerprint density at radius 3 is 2.37 bits per heavy atom. The van der Waals surface area contributed by atoms with Crippen molar-refractivity contribution in [2.24, 2.45) is 0 Å². The first-order valence-electron chi connectivity index (χ1n) is 12.5. The van der Waals surface area contributed by atoms with E-state index in [1.165, 1.54) is 0 Å². The zero-order valence-electron chi connectivity index (χ0n) is 21.2. The third kappa shape index (κ3) is 8.18. The van der Waals surface area contributed by atoms with Crippen molar-refractivity contribution in [2.45, 2.75) is 45.8 Å². The lowest BCUT2D eigenvalue weighted by Gasteiger charge is -2.25. The molecule has 0 unspecified atom stereocenters. The maximum atomic E-state index is 10.7. The van der Waals surface area contributed by atoms with Gasteiger partial charge in [-0.2, -0.15) is 5.10 Å². The van der Waals surface area contributed by atoms with Crippen LogP contribution in [-0.2, 0) is 22.4 Å². The van der Waals surface area contributed by atoms with Crippen LogP contribution in [0.5, 0.6) is 11.6 Å². The number of hydrogen-bond acceptors (Lipinski definition) is 6.